The third kappa shape index (κ3) is 4.08. The lowest BCUT2D eigenvalue weighted by atomic mass is 9.94. The summed E-state index contributed by atoms with van der Waals surface area (Å²) in [5, 5.41) is 2.64. The van der Waals surface area contributed by atoms with Crippen molar-refractivity contribution in [2.45, 2.75) is 19.3 Å². The van der Waals surface area contributed by atoms with Gasteiger partial charge in [0.1, 0.15) is 0 Å². The van der Waals surface area contributed by atoms with Gasteiger partial charge in [0.25, 0.3) is 0 Å². The largest absolute Gasteiger partial charge is 0.341 e. The molecule has 15 heavy (non-hydrogen) atoms. The van der Waals surface area contributed by atoms with Gasteiger partial charge in [-0.15, -0.1) is 0 Å². The molecule has 2 amide bonds. The normalized spacial score (nSPS) is 18.9. The molecule has 0 unspecified atom stereocenters. The molecular formula is C11H23N3O. The van der Waals surface area contributed by atoms with Gasteiger partial charge < -0.3 is 15.1 Å². The highest BCUT2D eigenvalue weighted by atomic mass is 16.2. The Hall–Kier alpha value is -0.770. The van der Waals surface area contributed by atoms with Crippen LogP contribution in [0.25, 0.3) is 0 Å². The number of piperidine rings is 1. The lowest BCUT2D eigenvalue weighted by Gasteiger charge is -2.30. The number of nitrogens with zero attached hydrogens (tertiary/aromatic N) is 2. The Morgan fingerprint density at radius 1 is 1.47 bits per heavy atom. The molecule has 4 nitrogen and oxygen atoms in total. The Labute approximate surface area is 92.6 Å². The van der Waals surface area contributed by atoms with Crippen LogP contribution in [-0.4, -0.2) is 56.6 Å². The molecule has 0 aromatic rings. The van der Waals surface area contributed by atoms with Gasteiger partial charge in [0.05, 0.1) is 0 Å². The predicted octanol–water partition coefficient (Wildman–Crippen LogP) is 0.990. The van der Waals surface area contributed by atoms with Gasteiger partial charge in [-0.25, -0.2) is 4.79 Å². The smallest absolute Gasteiger partial charge is 0.316 e. The van der Waals surface area contributed by atoms with Crippen LogP contribution in [0.5, 0.6) is 0 Å². The Balaban J connectivity index is 2.17. The number of hydrogen-bond acceptors (Lipinski definition) is 2. The van der Waals surface area contributed by atoms with E-state index in [1.54, 1.807) is 11.9 Å². The molecule has 0 spiro atoms. The summed E-state index contributed by atoms with van der Waals surface area (Å²) in [6.07, 6.45) is 3.69. The van der Waals surface area contributed by atoms with E-state index in [-0.39, 0.29) is 6.03 Å². The maximum absolute atomic E-state index is 11.2. The summed E-state index contributed by atoms with van der Waals surface area (Å²) < 4.78 is 0. The van der Waals surface area contributed by atoms with Crippen molar-refractivity contribution in [2.24, 2.45) is 5.92 Å². The molecule has 1 saturated heterocycles. The van der Waals surface area contributed by atoms with E-state index >= 15 is 0 Å². The number of likely N-dealkylation sites (tertiary alicyclic amines) is 1. The van der Waals surface area contributed by atoms with Crippen LogP contribution < -0.4 is 5.32 Å². The van der Waals surface area contributed by atoms with Gasteiger partial charge in [-0.05, 0) is 45.3 Å². The van der Waals surface area contributed by atoms with Crippen LogP contribution in [-0.2, 0) is 0 Å². The third-order valence-electron chi connectivity index (χ3n) is 3.27. The van der Waals surface area contributed by atoms with Gasteiger partial charge in [0, 0.05) is 20.6 Å². The van der Waals surface area contributed by atoms with Gasteiger partial charge in [0.2, 0.25) is 0 Å². The lowest BCUT2D eigenvalue weighted by Crippen LogP contribution is -2.37. The van der Waals surface area contributed by atoms with Gasteiger partial charge in [-0.2, -0.15) is 0 Å². The van der Waals surface area contributed by atoms with Gasteiger partial charge in [-0.1, -0.05) is 0 Å². The first-order valence-corrected chi connectivity index (χ1v) is 5.75. The van der Waals surface area contributed by atoms with E-state index in [0.717, 1.165) is 18.9 Å². The van der Waals surface area contributed by atoms with E-state index in [0.29, 0.717) is 0 Å². The SMILES string of the molecule is CNC(=O)N(C)CCC1CCN(C)CC1. The summed E-state index contributed by atoms with van der Waals surface area (Å²) in [6.45, 7) is 3.27. The van der Waals surface area contributed by atoms with Crippen LogP contribution >= 0.6 is 0 Å². The maximum Gasteiger partial charge on any atom is 0.316 e. The molecule has 0 bridgehead atoms. The van der Waals surface area contributed by atoms with Crippen molar-refractivity contribution in [3.8, 4) is 0 Å². The van der Waals surface area contributed by atoms with Crippen LogP contribution in [0.1, 0.15) is 19.3 Å². The van der Waals surface area contributed by atoms with Crippen molar-refractivity contribution in [1.29, 1.82) is 0 Å². The molecule has 1 rings (SSSR count). The summed E-state index contributed by atoms with van der Waals surface area (Å²) in [5.41, 5.74) is 0. The lowest BCUT2D eigenvalue weighted by molar-refractivity contribution is 0.187. The summed E-state index contributed by atoms with van der Waals surface area (Å²) >= 11 is 0. The van der Waals surface area contributed by atoms with E-state index in [1.165, 1.54) is 25.9 Å². The van der Waals surface area contributed by atoms with Crippen molar-refractivity contribution in [2.75, 3.05) is 40.8 Å². The second-order valence-electron chi connectivity index (χ2n) is 4.51. The molecular weight excluding hydrogens is 190 g/mol. The maximum atomic E-state index is 11.2. The van der Waals surface area contributed by atoms with Crippen LogP contribution in [0.2, 0.25) is 0 Å². The Morgan fingerprint density at radius 3 is 2.60 bits per heavy atom. The average Bonchev–Trinajstić information content (AvgIpc) is 2.26. The second kappa shape index (κ2) is 5.95. The summed E-state index contributed by atoms with van der Waals surface area (Å²) in [4.78, 5) is 15.4. The Morgan fingerprint density at radius 2 is 2.07 bits per heavy atom. The third-order valence-corrected chi connectivity index (χ3v) is 3.27. The number of carbonyl (C=O) groups excluding carboxylic acids is 1. The molecule has 1 aliphatic rings. The van der Waals surface area contributed by atoms with Gasteiger partial charge in [0.15, 0.2) is 0 Å². The molecule has 4 heteroatoms. The molecule has 0 atom stereocenters. The van der Waals surface area contributed by atoms with Crippen LogP contribution in [0.15, 0.2) is 0 Å². The number of nitrogens with one attached hydrogen (secondary N) is 1. The molecule has 0 aromatic carbocycles. The summed E-state index contributed by atoms with van der Waals surface area (Å²) in [6, 6.07) is 0.0166. The topological polar surface area (TPSA) is 35.6 Å². The zero-order valence-electron chi connectivity index (χ0n) is 10.1. The van der Waals surface area contributed by atoms with Crippen molar-refractivity contribution >= 4 is 6.03 Å². The number of amides is 2. The van der Waals surface area contributed by atoms with E-state index in [4.69, 9.17) is 0 Å². The zero-order valence-corrected chi connectivity index (χ0v) is 10.1. The van der Waals surface area contributed by atoms with Crippen LogP contribution in [0, 0.1) is 5.92 Å². The van der Waals surface area contributed by atoms with E-state index in [2.05, 4.69) is 17.3 Å². The highest BCUT2D eigenvalue weighted by molar-refractivity contribution is 5.73. The van der Waals surface area contributed by atoms with Gasteiger partial charge >= 0.3 is 6.03 Å². The zero-order chi connectivity index (χ0) is 11.3. The molecule has 88 valence electrons. The Kier molecular flexibility index (Phi) is 4.88. The van der Waals surface area contributed by atoms with Crippen molar-refractivity contribution < 1.29 is 4.79 Å². The number of hydrogen-bond donors (Lipinski definition) is 1. The summed E-state index contributed by atoms with van der Waals surface area (Å²) in [7, 11) is 5.70. The van der Waals surface area contributed by atoms with E-state index < -0.39 is 0 Å². The fraction of sp³-hybridized carbons (Fsp3) is 0.909. The first kappa shape index (κ1) is 12.3. The summed E-state index contributed by atoms with van der Waals surface area (Å²) in [5.74, 6) is 0.799. The minimum atomic E-state index is 0.0166. The monoisotopic (exact) mass is 213 g/mol. The fourth-order valence-electron chi connectivity index (χ4n) is 2.02. The highest BCUT2D eigenvalue weighted by Crippen LogP contribution is 2.19. The van der Waals surface area contributed by atoms with Crippen molar-refractivity contribution in [3.63, 3.8) is 0 Å². The molecule has 0 aromatic heterocycles. The molecule has 1 aliphatic heterocycles. The van der Waals surface area contributed by atoms with Crippen LogP contribution in [0.3, 0.4) is 0 Å². The van der Waals surface area contributed by atoms with Crippen molar-refractivity contribution in [1.82, 2.24) is 15.1 Å². The molecule has 1 N–H and O–H groups in total. The number of carbonyl (C=O) groups is 1. The number of rotatable bonds is 3. The fourth-order valence-corrected chi connectivity index (χ4v) is 2.02. The van der Waals surface area contributed by atoms with Gasteiger partial charge in [-0.3, -0.25) is 0 Å². The van der Waals surface area contributed by atoms with Crippen molar-refractivity contribution in [3.05, 3.63) is 0 Å². The Bertz CT molecular complexity index is 200. The standard InChI is InChI=1S/C11H23N3O/c1-12-11(15)14(3)9-6-10-4-7-13(2)8-5-10/h10H,4-9H2,1-3H3,(H,12,15). The molecule has 0 radical (unpaired) electrons. The first-order chi connectivity index (χ1) is 7.13. The first-order valence-electron chi connectivity index (χ1n) is 5.75. The highest BCUT2D eigenvalue weighted by Gasteiger charge is 2.17. The van der Waals surface area contributed by atoms with E-state index in [1.807, 2.05) is 7.05 Å². The average molecular weight is 213 g/mol. The predicted molar refractivity (Wildman–Crippen MR) is 61.9 cm³/mol. The molecule has 0 aliphatic carbocycles. The minimum absolute atomic E-state index is 0.0166. The molecule has 1 fully saturated rings. The minimum Gasteiger partial charge on any atom is -0.341 e. The van der Waals surface area contributed by atoms with E-state index in [9.17, 15) is 4.79 Å². The second-order valence-corrected chi connectivity index (χ2v) is 4.51. The number of urea groups is 1. The molecule has 1 heterocycles. The quantitative estimate of drug-likeness (QED) is 0.759. The molecule has 0 saturated carbocycles. The van der Waals surface area contributed by atoms with Crippen LogP contribution in [0.4, 0.5) is 4.79 Å².